The first-order chi connectivity index (χ1) is 12.5. The summed E-state index contributed by atoms with van der Waals surface area (Å²) in [6, 6.07) is 7.07. The second kappa shape index (κ2) is 7.38. The lowest BCUT2D eigenvalue weighted by atomic mass is 10.2. The fourth-order valence-electron chi connectivity index (χ4n) is 2.81. The van der Waals surface area contributed by atoms with Gasteiger partial charge < -0.3 is 15.0 Å². The Labute approximate surface area is 150 Å². The number of nitrogens with one attached hydrogen (secondary N) is 1. The number of aryl methyl sites for hydroxylation is 1. The van der Waals surface area contributed by atoms with Gasteiger partial charge in [-0.05, 0) is 25.5 Å². The molecule has 0 saturated carbocycles. The zero-order valence-corrected chi connectivity index (χ0v) is 14.7. The lowest BCUT2D eigenvalue weighted by molar-refractivity contribution is -0.119. The molecule has 1 aliphatic rings. The van der Waals surface area contributed by atoms with E-state index in [0.717, 1.165) is 6.42 Å². The Kier molecular flexibility index (Phi) is 5.01. The molecule has 0 spiro atoms. The third-order valence-electron chi connectivity index (χ3n) is 4.33. The van der Waals surface area contributed by atoms with Crippen LogP contribution in [-0.2, 0) is 21.4 Å². The van der Waals surface area contributed by atoms with Crippen molar-refractivity contribution in [1.29, 1.82) is 0 Å². The molecule has 8 heteroatoms. The molecule has 2 amide bonds. The zero-order valence-electron chi connectivity index (χ0n) is 14.7. The average Bonchev–Trinajstić information content (AvgIpc) is 3.19. The first-order valence-electron chi connectivity index (χ1n) is 8.32. The lowest BCUT2D eigenvalue weighted by Crippen LogP contribution is -2.27. The van der Waals surface area contributed by atoms with Crippen LogP contribution in [-0.4, -0.2) is 40.7 Å². The summed E-state index contributed by atoms with van der Waals surface area (Å²) in [7, 11) is 1.72. The molecule has 0 radical (unpaired) electrons. The number of anilines is 2. The van der Waals surface area contributed by atoms with Gasteiger partial charge in [-0.3, -0.25) is 14.3 Å². The molecule has 0 unspecified atom stereocenters. The van der Waals surface area contributed by atoms with Gasteiger partial charge >= 0.3 is 5.97 Å². The summed E-state index contributed by atoms with van der Waals surface area (Å²) in [5, 5.41) is 6.68. The van der Waals surface area contributed by atoms with E-state index in [9.17, 15) is 14.4 Å². The van der Waals surface area contributed by atoms with Crippen LogP contribution < -0.4 is 10.2 Å². The number of rotatable bonds is 5. The van der Waals surface area contributed by atoms with Crippen molar-refractivity contribution in [3.8, 4) is 0 Å². The van der Waals surface area contributed by atoms with Crippen LogP contribution in [0.2, 0.25) is 0 Å². The number of amides is 2. The minimum atomic E-state index is -0.603. The van der Waals surface area contributed by atoms with Crippen LogP contribution in [0.4, 0.5) is 11.4 Å². The molecule has 136 valence electrons. The van der Waals surface area contributed by atoms with Crippen molar-refractivity contribution in [2.75, 3.05) is 23.4 Å². The maximum atomic E-state index is 12.2. The predicted octanol–water partition coefficient (Wildman–Crippen LogP) is 1.65. The number of aromatic nitrogens is 2. The van der Waals surface area contributed by atoms with Crippen LogP contribution in [0, 0.1) is 6.92 Å². The molecule has 1 N–H and O–H groups in total. The number of hydrogen-bond acceptors (Lipinski definition) is 5. The van der Waals surface area contributed by atoms with Crippen molar-refractivity contribution in [2.45, 2.75) is 19.8 Å². The highest BCUT2D eigenvalue weighted by molar-refractivity contribution is 6.02. The van der Waals surface area contributed by atoms with Gasteiger partial charge in [0.2, 0.25) is 5.91 Å². The summed E-state index contributed by atoms with van der Waals surface area (Å²) in [5.74, 6) is -1.04. The van der Waals surface area contributed by atoms with Crippen molar-refractivity contribution < 1.29 is 19.1 Å². The van der Waals surface area contributed by atoms with E-state index in [0.29, 0.717) is 35.6 Å². The third-order valence-corrected chi connectivity index (χ3v) is 4.33. The Bertz CT molecular complexity index is 859. The molecular weight excluding hydrogens is 336 g/mol. The maximum absolute atomic E-state index is 12.2. The predicted molar refractivity (Wildman–Crippen MR) is 94.9 cm³/mol. The van der Waals surface area contributed by atoms with Crippen molar-refractivity contribution in [3.05, 3.63) is 41.7 Å². The largest absolute Gasteiger partial charge is 0.452 e. The van der Waals surface area contributed by atoms with Crippen LogP contribution in [0.3, 0.4) is 0 Å². The highest BCUT2D eigenvalue weighted by Gasteiger charge is 2.24. The zero-order chi connectivity index (χ0) is 18.7. The van der Waals surface area contributed by atoms with Gasteiger partial charge in [-0.2, -0.15) is 5.10 Å². The SMILES string of the molecule is Cc1c(C(=O)OCC(=O)Nc2ccccc2N2CCCC2=O)cnn1C. The van der Waals surface area contributed by atoms with Gasteiger partial charge in [-0.1, -0.05) is 12.1 Å². The van der Waals surface area contributed by atoms with Gasteiger partial charge in [-0.15, -0.1) is 0 Å². The van der Waals surface area contributed by atoms with Gasteiger partial charge in [-0.25, -0.2) is 4.79 Å². The van der Waals surface area contributed by atoms with Gasteiger partial charge in [0.15, 0.2) is 6.61 Å². The fraction of sp³-hybridized carbons (Fsp3) is 0.333. The number of benzene rings is 1. The molecule has 8 nitrogen and oxygen atoms in total. The summed E-state index contributed by atoms with van der Waals surface area (Å²) in [6.07, 6.45) is 2.71. The summed E-state index contributed by atoms with van der Waals surface area (Å²) < 4.78 is 6.61. The molecule has 0 aliphatic carbocycles. The van der Waals surface area contributed by atoms with Crippen molar-refractivity contribution >= 4 is 29.2 Å². The highest BCUT2D eigenvalue weighted by Crippen LogP contribution is 2.29. The van der Waals surface area contributed by atoms with Crippen LogP contribution in [0.15, 0.2) is 30.5 Å². The molecule has 1 aromatic carbocycles. The van der Waals surface area contributed by atoms with E-state index >= 15 is 0 Å². The van der Waals surface area contributed by atoms with E-state index in [2.05, 4.69) is 10.4 Å². The standard InChI is InChI=1S/C18H20N4O4/c1-12-13(10-19-21(12)2)18(25)26-11-16(23)20-14-6-3-4-7-15(14)22-9-5-8-17(22)24/h3-4,6-7,10H,5,8-9,11H2,1-2H3,(H,20,23). The number of carbonyl (C=O) groups is 3. The third kappa shape index (κ3) is 3.58. The summed E-state index contributed by atoms with van der Waals surface area (Å²) in [6.45, 7) is 1.95. The van der Waals surface area contributed by atoms with E-state index in [-0.39, 0.29) is 5.91 Å². The van der Waals surface area contributed by atoms with E-state index in [1.54, 1.807) is 41.8 Å². The Balaban J connectivity index is 1.63. The monoisotopic (exact) mass is 356 g/mol. The van der Waals surface area contributed by atoms with Crippen molar-refractivity contribution in [2.24, 2.45) is 7.05 Å². The van der Waals surface area contributed by atoms with Gasteiger partial charge in [0.05, 0.1) is 17.6 Å². The molecule has 3 rings (SSSR count). The molecule has 2 aromatic rings. The molecule has 1 saturated heterocycles. The van der Waals surface area contributed by atoms with E-state index in [1.807, 2.05) is 6.07 Å². The van der Waals surface area contributed by atoms with Crippen molar-refractivity contribution in [1.82, 2.24) is 9.78 Å². The normalized spacial score (nSPS) is 13.8. The minimum Gasteiger partial charge on any atom is -0.452 e. The molecule has 1 fully saturated rings. The molecule has 2 heterocycles. The molecular formula is C18H20N4O4. The first kappa shape index (κ1) is 17.7. The quantitative estimate of drug-likeness (QED) is 0.822. The smallest absolute Gasteiger partial charge is 0.342 e. The van der Waals surface area contributed by atoms with Gasteiger partial charge in [0.25, 0.3) is 5.91 Å². The first-order valence-corrected chi connectivity index (χ1v) is 8.32. The van der Waals surface area contributed by atoms with E-state index < -0.39 is 18.5 Å². The Morgan fingerprint density at radius 3 is 2.73 bits per heavy atom. The Morgan fingerprint density at radius 2 is 2.08 bits per heavy atom. The van der Waals surface area contributed by atoms with Crippen LogP contribution in [0.25, 0.3) is 0 Å². The number of para-hydroxylation sites is 2. The number of ether oxygens (including phenoxy) is 1. The van der Waals surface area contributed by atoms with Crippen molar-refractivity contribution in [3.63, 3.8) is 0 Å². The van der Waals surface area contributed by atoms with Gasteiger partial charge in [0, 0.05) is 25.7 Å². The fourth-order valence-corrected chi connectivity index (χ4v) is 2.81. The lowest BCUT2D eigenvalue weighted by Gasteiger charge is -2.19. The van der Waals surface area contributed by atoms with E-state index in [1.165, 1.54) is 6.20 Å². The summed E-state index contributed by atoms with van der Waals surface area (Å²) >= 11 is 0. The minimum absolute atomic E-state index is 0.0326. The molecule has 0 atom stereocenters. The van der Waals surface area contributed by atoms with E-state index in [4.69, 9.17) is 4.74 Å². The molecule has 1 aromatic heterocycles. The van der Waals surface area contributed by atoms with Crippen LogP contribution >= 0.6 is 0 Å². The Hall–Kier alpha value is -3.16. The topological polar surface area (TPSA) is 93.5 Å². The number of carbonyl (C=O) groups excluding carboxylic acids is 3. The highest BCUT2D eigenvalue weighted by atomic mass is 16.5. The second-order valence-electron chi connectivity index (χ2n) is 6.06. The maximum Gasteiger partial charge on any atom is 0.342 e. The molecule has 26 heavy (non-hydrogen) atoms. The molecule has 1 aliphatic heterocycles. The van der Waals surface area contributed by atoms with Gasteiger partial charge in [0.1, 0.15) is 5.56 Å². The summed E-state index contributed by atoms with van der Waals surface area (Å²) in [5.41, 5.74) is 2.15. The molecule has 0 bridgehead atoms. The average molecular weight is 356 g/mol. The number of esters is 1. The van der Waals surface area contributed by atoms with Crippen LogP contribution in [0.1, 0.15) is 28.9 Å². The number of hydrogen-bond donors (Lipinski definition) is 1. The van der Waals surface area contributed by atoms with Crippen LogP contribution in [0.5, 0.6) is 0 Å². The Morgan fingerprint density at radius 1 is 1.31 bits per heavy atom. The number of nitrogens with zero attached hydrogens (tertiary/aromatic N) is 3. The second-order valence-corrected chi connectivity index (χ2v) is 6.06. The summed E-state index contributed by atoms with van der Waals surface area (Å²) in [4.78, 5) is 37.8.